The monoisotopic (exact) mass is 653 g/mol. The molecule has 242 valence electrons. The fourth-order valence-electron chi connectivity index (χ4n) is 7.52. The number of hydrogen-bond donors (Lipinski definition) is 0. The first-order chi connectivity index (χ1) is 25.0. The molecule has 7 aromatic carbocycles. The maximum atomic E-state index is 5.21. The van der Waals surface area contributed by atoms with Crippen LogP contribution < -0.4 is 0 Å². The van der Waals surface area contributed by atoms with Gasteiger partial charge in [0.1, 0.15) is 0 Å². The molecule has 0 fully saturated rings. The zero-order chi connectivity index (χ0) is 34.4. The zero-order valence-corrected chi connectivity index (χ0v) is 28.6. The quantitative estimate of drug-likeness (QED) is 0.179. The molecular weight excluding hydrogens is 619 g/mol. The lowest BCUT2D eigenvalue weighted by atomic mass is 9.82. The summed E-state index contributed by atoms with van der Waals surface area (Å²) in [6.45, 7) is 4.65. The molecule has 9 rings (SSSR count). The summed E-state index contributed by atoms with van der Waals surface area (Å²) in [7, 11) is 0. The molecule has 0 bridgehead atoms. The lowest BCUT2D eigenvalue weighted by molar-refractivity contribution is 0.660. The Morgan fingerprint density at radius 2 is 0.725 bits per heavy atom. The number of benzene rings is 7. The second-order valence-corrected chi connectivity index (χ2v) is 13.7. The Morgan fingerprint density at radius 3 is 1.37 bits per heavy atom. The Morgan fingerprint density at radius 1 is 0.314 bits per heavy atom. The molecule has 0 N–H and O–H groups in total. The lowest BCUT2D eigenvalue weighted by Crippen LogP contribution is -2.14. The van der Waals surface area contributed by atoms with Gasteiger partial charge in [-0.25, -0.2) is 15.0 Å². The van der Waals surface area contributed by atoms with Gasteiger partial charge in [0.2, 0.25) is 0 Å². The Bertz CT molecular complexity index is 2480. The first kappa shape index (κ1) is 30.6. The molecule has 51 heavy (non-hydrogen) atoms. The molecular formula is C48H35N3. The number of aromatic nitrogens is 3. The zero-order valence-electron chi connectivity index (χ0n) is 28.6. The second kappa shape index (κ2) is 12.5. The minimum Gasteiger partial charge on any atom is -0.208 e. The van der Waals surface area contributed by atoms with Gasteiger partial charge in [0.25, 0.3) is 0 Å². The van der Waals surface area contributed by atoms with Gasteiger partial charge in [0, 0.05) is 22.1 Å². The van der Waals surface area contributed by atoms with Crippen molar-refractivity contribution in [3.8, 4) is 78.7 Å². The highest BCUT2D eigenvalue weighted by Gasteiger charge is 2.36. The van der Waals surface area contributed by atoms with Crippen molar-refractivity contribution >= 4 is 0 Å². The third kappa shape index (κ3) is 5.53. The maximum Gasteiger partial charge on any atom is 0.164 e. The van der Waals surface area contributed by atoms with Crippen molar-refractivity contribution < 1.29 is 0 Å². The van der Waals surface area contributed by atoms with Gasteiger partial charge in [-0.3, -0.25) is 0 Å². The third-order valence-electron chi connectivity index (χ3n) is 10.1. The van der Waals surface area contributed by atoms with Crippen LogP contribution in [-0.2, 0) is 5.41 Å². The number of fused-ring (bicyclic) bond motifs is 3. The lowest BCUT2D eigenvalue weighted by Gasteiger charge is -2.21. The predicted molar refractivity (Wildman–Crippen MR) is 210 cm³/mol. The first-order valence-corrected chi connectivity index (χ1v) is 17.4. The van der Waals surface area contributed by atoms with Crippen molar-refractivity contribution in [2.24, 2.45) is 0 Å². The molecule has 1 aliphatic carbocycles. The summed E-state index contributed by atoms with van der Waals surface area (Å²) in [5, 5.41) is 0. The maximum absolute atomic E-state index is 5.21. The Labute approximate surface area is 299 Å². The molecule has 0 spiro atoms. The highest BCUT2D eigenvalue weighted by molar-refractivity contribution is 5.93. The van der Waals surface area contributed by atoms with Crippen LogP contribution in [0.1, 0.15) is 25.0 Å². The smallest absolute Gasteiger partial charge is 0.164 e. The molecule has 0 saturated carbocycles. The van der Waals surface area contributed by atoms with Crippen LogP contribution in [0.25, 0.3) is 78.7 Å². The fraction of sp³-hybridized carbons (Fsp3) is 0.0625. The van der Waals surface area contributed by atoms with E-state index >= 15 is 0 Å². The van der Waals surface area contributed by atoms with Crippen LogP contribution in [0.4, 0.5) is 0 Å². The first-order valence-electron chi connectivity index (χ1n) is 17.4. The van der Waals surface area contributed by atoms with Crippen LogP contribution in [-0.4, -0.2) is 15.0 Å². The van der Waals surface area contributed by atoms with Gasteiger partial charge in [-0.1, -0.05) is 166 Å². The second-order valence-electron chi connectivity index (χ2n) is 13.7. The minimum atomic E-state index is -0.0693. The molecule has 3 nitrogen and oxygen atoms in total. The molecule has 1 heterocycles. The predicted octanol–water partition coefficient (Wildman–Crippen LogP) is 12.2. The number of hydrogen-bond acceptors (Lipinski definition) is 3. The van der Waals surface area contributed by atoms with Crippen LogP contribution in [0.5, 0.6) is 0 Å². The van der Waals surface area contributed by atoms with Crippen LogP contribution in [0.15, 0.2) is 176 Å². The van der Waals surface area contributed by atoms with Gasteiger partial charge in [-0.15, -0.1) is 0 Å². The van der Waals surface area contributed by atoms with E-state index in [1.165, 1.54) is 27.8 Å². The van der Waals surface area contributed by atoms with Gasteiger partial charge in [0.15, 0.2) is 17.5 Å². The van der Waals surface area contributed by atoms with E-state index in [0.29, 0.717) is 17.5 Å². The van der Waals surface area contributed by atoms with Gasteiger partial charge in [0.05, 0.1) is 0 Å². The standard InChI is InChI=1S/C48H35N3/c1-48(2)42-26-13-12-24-41(42)44-40(25-15-27-43(44)48)35-22-14-23-36(28-35)46-49-45(34-20-10-5-11-21-34)50-47(51-46)39-30-37(32-16-6-3-7-17-32)29-38(31-39)33-18-8-4-9-19-33/h3-31H,1-2H3. The third-order valence-corrected chi connectivity index (χ3v) is 10.1. The normalized spacial score (nSPS) is 12.7. The average molecular weight is 654 g/mol. The van der Waals surface area contributed by atoms with E-state index in [0.717, 1.165) is 44.5 Å². The Hall–Kier alpha value is -6.45. The van der Waals surface area contributed by atoms with E-state index in [1.807, 2.05) is 30.3 Å². The summed E-state index contributed by atoms with van der Waals surface area (Å²) in [6.07, 6.45) is 0. The average Bonchev–Trinajstić information content (AvgIpc) is 3.44. The Balaban J connectivity index is 1.22. The topological polar surface area (TPSA) is 38.7 Å². The Kier molecular flexibility index (Phi) is 7.48. The minimum absolute atomic E-state index is 0.0693. The van der Waals surface area contributed by atoms with Crippen molar-refractivity contribution in [3.63, 3.8) is 0 Å². The molecule has 3 heteroatoms. The van der Waals surface area contributed by atoms with Crippen molar-refractivity contribution in [3.05, 3.63) is 187 Å². The van der Waals surface area contributed by atoms with E-state index in [9.17, 15) is 0 Å². The summed E-state index contributed by atoms with van der Waals surface area (Å²) < 4.78 is 0. The molecule has 0 aliphatic heterocycles. The van der Waals surface area contributed by atoms with Gasteiger partial charge >= 0.3 is 0 Å². The summed E-state index contributed by atoms with van der Waals surface area (Å²) in [6, 6.07) is 62.0. The van der Waals surface area contributed by atoms with E-state index in [4.69, 9.17) is 15.0 Å². The fourth-order valence-corrected chi connectivity index (χ4v) is 7.52. The molecule has 0 atom stereocenters. The SMILES string of the molecule is CC1(C)c2ccccc2-c2c(-c3cccc(-c4nc(-c5ccccc5)nc(-c5cc(-c6ccccc6)cc(-c6ccccc6)c5)n4)c3)cccc21. The van der Waals surface area contributed by atoms with Gasteiger partial charge in [-0.05, 0) is 79.9 Å². The van der Waals surface area contributed by atoms with Crippen LogP contribution in [0, 0.1) is 0 Å². The molecule has 1 aromatic heterocycles. The van der Waals surface area contributed by atoms with Crippen molar-refractivity contribution in [1.82, 2.24) is 15.0 Å². The molecule has 1 aliphatic rings. The van der Waals surface area contributed by atoms with E-state index in [1.54, 1.807) is 0 Å². The van der Waals surface area contributed by atoms with E-state index in [-0.39, 0.29) is 5.41 Å². The molecule has 0 radical (unpaired) electrons. The van der Waals surface area contributed by atoms with Crippen LogP contribution in [0.2, 0.25) is 0 Å². The summed E-state index contributed by atoms with van der Waals surface area (Å²) in [5.41, 5.74) is 14.9. The highest BCUT2D eigenvalue weighted by atomic mass is 15.0. The largest absolute Gasteiger partial charge is 0.208 e. The molecule has 0 unspecified atom stereocenters. The van der Waals surface area contributed by atoms with E-state index in [2.05, 4.69) is 159 Å². The van der Waals surface area contributed by atoms with E-state index < -0.39 is 0 Å². The summed E-state index contributed by atoms with van der Waals surface area (Å²) in [5.74, 6) is 1.92. The summed E-state index contributed by atoms with van der Waals surface area (Å²) >= 11 is 0. The van der Waals surface area contributed by atoms with Gasteiger partial charge < -0.3 is 0 Å². The number of nitrogens with zero attached hydrogens (tertiary/aromatic N) is 3. The van der Waals surface area contributed by atoms with Gasteiger partial charge in [-0.2, -0.15) is 0 Å². The molecule has 0 amide bonds. The van der Waals surface area contributed by atoms with Crippen LogP contribution >= 0.6 is 0 Å². The molecule has 8 aromatic rings. The number of rotatable bonds is 6. The highest BCUT2D eigenvalue weighted by Crippen LogP contribution is 2.52. The summed E-state index contributed by atoms with van der Waals surface area (Å²) in [4.78, 5) is 15.4. The van der Waals surface area contributed by atoms with Crippen LogP contribution in [0.3, 0.4) is 0 Å². The molecule has 0 saturated heterocycles. The van der Waals surface area contributed by atoms with Crippen molar-refractivity contribution in [2.45, 2.75) is 19.3 Å². The van der Waals surface area contributed by atoms with Crippen molar-refractivity contribution in [2.75, 3.05) is 0 Å². The van der Waals surface area contributed by atoms with Crippen molar-refractivity contribution in [1.29, 1.82) is 0 Å².